The summed E-state index contributed by atoms with van der Waals surface area (Å²) in [6.45, 7) is 3.72. The molecule has 7 nitrogen and oxygen atoms in total. The van der Waals surface area contributed by atoms with Crippen LogP contribution in [0.5, 0.6) is 0 Å². The lowest BCUT2D eigenvalue weighted by atomic mass is 10.4. The molecule has 3 aromatic rings. The number of nitrogens with zero attached hydrogens (tertiary/aromatic N) is 4. The Balaban J connectivity index is 1.92. The molecule has 0 amide bonds. The van der Waals surface area contributed by atoms with Crippen LogP contribution in [0.2, 0.25) is 0 Å². The minimum absolute atomic E-state index is 0.0600. The molecule has 3 rings (SSSR count). The second-order valence-corrected chi connectivity index (χ2v) is 6.84. The molecule has 0 saturated carbocycles. The van der Waals surface area contributed by atoms with E-state index in [0.29, 0.717) is 5.82 Å². The number of benzene rings is 1. The van der Waals surface area contributed by atoms with Crippen LogP contribution in [0, 0.1) is 19.7 Å². The molecule has 1 aromatic carbocycles. The predicted octanol–water partition coefficient (Wildman–Crippen LogP) is 2.22. The largest absolute Gasteiger partial charge is 0.263 e. The summed E-state index contributed by atoms with van der Waals surface area (Å²) in [6, 6.07) is 7.87. The molecule has 124 valence electrons. The van der Waals surface area contributed by atoms with Crippen LogP contribution in [0.25, 0.3) is 5.82 Å². The minimum atomic E-state index is -3.87. The fourth-order valence-corrected chi connectivity index (χ4v) is 3.19. The van der Waals surface area contributed by atoms with Gasteiger partial charge in [0.25, 0.3) is 10.0 Å². The van der Waals surface area contributed by atoms with Gasteiger partial charge in [0.2, 0.25) is 0 Å². The maximum absolute atomic E-state index is 12.9. The monoisotopic (exact) mass is 347 g/mol. The van der Waals surface area contributed by atoms with Crippen LogP contribution in [0.15, 0.2) is 47.6 Å². The number of hydrogen-bond donors (Lipinski definition) is 1. The summed E-state index contributed by atoms with van der Waals surface area (Å²) in [4.78, 5) is 7.96. The number of rotatable bonds is 4. The number of sulfonamides is 1. The lowest BCUT2D eigenvalue weighted by Gasteiger charge is -2.09. The zero-order valence-electron chi connectivity index (χ0n) is 12.9. The maximum Gasteiger partial charge on any atom is 0.263 e. The third kappa shape index (κ3) is 3.25. The second kappa shape index (κ2) is 6.00. The molecule has 24 heavy (non-hydrogen) atoms. The van der Waals surface area contributed by atoms with Gasteiger partial charge in [-0.15, -0.1) is 0 Å². The van der Waals surface area contributed by atoms with E-state index in [4.69, 9.17) is 0 Å². The normalized spacial score (nSPS) is 11.5. The number of aryl methyl sites for hydroxylation is 2. The third-order valence-electron chi connectivity index (χ3n) is 3.24. The standard InChI is InChI=1S/C15H14FN5O2S/c1-10-7-11(2)21(19-10)15-8-14(17-9-18-15)20-24(22,23)13-5-3-12(16)4-6-13/h3-9H,1-2H3,(H,17,18,20). The first-order valence-electron chi connectivity index (χ1n) is 6.99. The summed E-state index contributed by atoms with van der Waals surface area (Å²) < 4.78 is 41.5. The van der Waals surface area contributed by atoms with Crippen molar-refractivity contribution >= 4 is 15.8 Å². The van der Waals surface area contributed by atoms with Crippen molar-refractivity contribution in [1.82, 2.24) is 19.7 Å². The van der Waals surface area contributed by atoms with E-state index in [2.05, 4.69) is 19.8 Å². The summed E-state index contributed by atoms with van der Waals surface area (Å²) in [5.74, 6) is 0.0204. The van der Waals surface area contributed by atoms with Gasteiger partial charge in [0.05, 0.1) is 10.6 Å². The average molecular weight is 347 g/mol. The van der Waals surface area contributed by atoms with Crippen molar-refractivity contribution in [2.75, 3.05) is 4.72 Å². The van der Waals surface area contributed by atoms with Crippen LogP contribution in [-0.2, 0) is 10.0 Å². The van der Waals surface area contributed by atoms with Gasteiger partial charge < -0.3 is 0 Å². The predicted molar refractivity (Wildman–Crippen MR) is 85.8 cm³/mol. The Kier molecular flexibility index (Phi) is 4.02. The first-order valence-corrected chi connectivity index (χ1v) is 8.47. The van der Waals surface area contributed by atoms with Gasteiger partial charge in [-0.3, -0.25) is 4.72 Å². The lowest BCUT2D eigenvalue weighted by Crippen LogP contribution is -2.14. The van der Waals surface area contributed by atoms with E-state index in [0.717, 1.165) is 23.5 Å². The molecule has 9 heteroatoms. The molecule has 0 aliphatic heterocycles. The number of aromatic nitrogens is 4. The van der Waals surface area contributed by atoms with E-state index in [1.165, 1.54) is 24.5 Å². The van der Waals surface area contributed by atoms with Gasteiger partial charge in [-0.25, -0.2) is 27.5 Å². The third-order valence-corrected chi connectivity index (χ3v) is 4.61. The fourth-order valence-electron chi connectivity index (χ4n) is 2.19. The molecule has 0 bridgehead atoms. The van der Waals surface area contributed by atoms with Gasteiger partial charge in [-0.2, -0.15) is 5.10 Å². The molecular formula is C15H14FN5O2S. The maximum atomic E-state index is 12.9. The highest BCUT2D eigenvalue weighted by molar-refractivity contribution is 7.92. The smallest absolute Gasteiger partial charge is 0.263 e. The molecule has 0 aliphatic rings. The lowest BCUT2D eigenvalue weighted by molar-refractivity contribution is 0.599. The summed E-state index contributed by atoms with van der Waals surface area (Å²) in [5.41, 5.74) is 1.68. The summed E-state index contributed by atoms with van der Waals surface area (Å²) in [5, 5.41) is 4.29. The van der Waals surface area contributed by atoms with Gasteiger partial charge in [-0.1, -0.05) is 0 Å². The molecule has 0 atom stereocenters. The van der Waals surface area contributed by atoms with Crippen molar-refractivity contribution in [2.24, 2.45) is 0 Å². The summed E-state index contributed by atoms with van der Waals surface area (Å²) >= 11 is 0. The van der Waals surface area contributed by atoms with Crippen LogP contribution in [0.3, 0.4) is 0 Å². The Bertz CT molecular complexity index is 983. The quantitative estimate of drug-likeness (QED) is 0.781. The van der Waals surface area contributed by atoms with Crippen LogP contribution >= 0.6 is 0 Å². The average Bonchev–Trinajstić information content (AvgIpc) is 2.86. The molecule has 2 aromatic heterocycles. The molecular weight excluding hydrogens is 333 g/mol. The topological polar surface area (TPSA) is 89.8 Å². The van der Waals surface area contributed by atoms with E-state index in [-0.39, 0.29) is 10.7 Å². The molecule has 0 spiro atoms. The van der Waals surface area contributed by atoms with Crippen molar-refractivity contribution in [2.45, 2.75) is 18.7 Å². The van der Waals surface area contributed by atoms with Gasteiger partial charge in [0, 0.05) is 11.8 Å². The van der Waals surface area contributed by atoms with E-state index in [1.54, 1.807) is 4.68 Å². The number of nitrogens with one attached hydrogen (secondary N) is 1. The van der Waals surface area contributed by atoms with Crippen molar-refractivity contribution in [1.29, 1.82) is 0 Å². The minimum Gasteiger partial charge on any atom is -0.263 e. The number of halogens is 1. The SMILES string of the molecule is Cc1cc(C)n(-c2cc(NS(=O)(=O)c3ccc(F)cc3)ncn2)n1. The number of hydrogen-bond acceptors (Lipinski definition) is 5. The Hall–Kier alpha value is -2.81. The van der Waals surface area contributed by atoms with E-state index in [9.17, 15) is 12.8 Å². The second-order valence-electron chi connectivity index (χ2n) is 5.16. The van der Waals surface area contributed by atoms with Crippen LogP contribution in [0.1, 0.15) is 11.4 Å². The van der Waals surface area contributed by atoms with Crippen molar-refractivity contribution < 1.29 is 12.8 Å². The zero-order valence-corrected chi connectivity index (χ0v) is 13.7. The van der Waals surface area contributed by atoms with E-state index >= 15 is 0 Å². The van der Waals surface area contributed by atoms with Gasteiger partial charge in [0.15, 0.2) is 5.82 Å². The van der Waals surface area contributed by atoms with Crippen LogP contribution in [-0.4, -0.2) is 28.2 Å². The van der Waals surface area contributed by atoms with Crippen molar-refractivity contribution in [3.8, 4) is 5.82 Å². The first kappa shape index (κ1) is 16.1. The number of anilines is 1. The Morgan fingerprint density at radius 2 is 1.79 bits per heavy atom. The highest BCUT2D eigenvalue weighted by Gasteiger charge is 2.16. The summed E-state index contributed by atoms with van der Waals surface area (Å²) in [7, 11) is -3.87. The van der Waals surface area contributed by atoms with Crippen LogP contribution < -0.4 is 4.72 Å². The van der Waals surface area contributed by atoms with E-state index in [1.807, 2.05) is 19.9 Å². The highest BCUT2D eigenvalue weighted by atomic mass is 32.2. The van der Waals surface area contributed by atoms with Gasteiger partial charge in [-0.05, 0) is 44.2 Å². The molecule has 0 unspecified atom stereocenters. The summed E-state index contributed by atoms with van der Waals surface area (Å²) in [6.07, 6.45) is 1.24. The first-order chi connectivity index (χ1) is 11.3. The van der Waals surface area contributed by atoms with Gasteiger partial charge in [0.1, 0.15) is 18.0 Å². The van der Waals surface area contributed by atoms with Crippen LogP contribution in [0.4, 0.5) is 10.2 Å². The van der Waals surface area contributed by atoms with E-state index < -0.39 is 15.8 Å². The molecule has 0 saturated heterocycles. The highest BCUT2D eigenvalue weighted by Crippen LogP contribution is 2.17. The molecule has 0 fully saturated rings. The fraction of sp³-hybridized carbons (Fsp3) is 0.133. The molecule has 0 aliphatic carbocycles. The van der Waals surface area contributed by atoms with Gasteiger partial charge >= 0.3 is 0 Å². The van der Waals surface area contributed by atoms with Crippen molar-refractivity contribution in [3.63, 3.8) is 0 Å². The Morgan fingerprint density at radius 1 is 1.08 bits per heavy atom. The van der Waals surface area contributed by atoms with Crippen molar-refractivity contribution in [3.05, 3.63) is 59.9 Å². The molecule has 2 heterocycles. The molecule has 1 N–H and O–H groups in total. The molecule has 0 radical (unpaired) electrons. The zero-order chi connectivity index (χ0) is 17.3. The Morgan fingerprint density at radius 3 is 2.42 bits per heavy atom. The Labute approximate surface area is 138 Å².